The molecule has 1 rings (SSSR count). The highest BCUT2D eigenvalue weighted by Crippen LogP contribution is 2.25. The van der Waals surface area contributed by atoms with Gasteiger partial charge in [-0.05, 0) is 42.9 Å². The zero-order chi connectivity index (χ0) is 17.2. The van der Waals surface area contributed by atoms with Gasteiger partial charge >= 0.3 is 0 Å². The van der Waals surface area contributed by atoms with E-state index in [2.05, 4.69) is 13.5 Å². The Balaban J connectivity index is 2.79. The summed E-state index contributed by atoms with van der Waals surface area (Å²) >= 11 is 0. The number of hydrogen-bond acceptors (Lipinski definition) is 3. The lowest BCUT2D eigenvalue weighted by Gasteiger charge is -2.17. The SMILES string of the molecule is C=C(CC)/C(=C/CO)C(O)CC/C(=C/c1ccccc1O)CC. The van der Waals surface area contributed by atoms with Crippen LogP contribution in [0.15, 0.2) is 53.6 Å². The monoisotopic (exact) mass is 316 g/mol. The van der Waals surface area contributed by atoms with Crippen molar-refractivity contribution in [2.24, 2.45) is 0 Å². The maximum absolute atomic E-state index is 10.4. The maximum Gasteiger partial charge on any atom is 0.122 e. The summed E-state index contributed by atoms with van der Waals surface area (Å²) in [6, 6.07) is 7.23. The van der Waals surface area contributed by atoms with Crippen LogP contribution >= 0.6 is 0 Å². The summed E-state index contributed by atoms with van der Waals surface area (Å²) in [4.78, 5) is 0. The Morgan fingerprint density at radius 2 is 1.91 bits per heavy atom. The Bertz CT molecular complexity index is 570. The van der Waals surface area contributed by atoms with E-state index in [1.807, 2.05) is 25.1 Å². The fraction of sp³-hybridized carbons (Fsp3) is 0.400. The number of aromatic hydroxyl groups is 1. The van der Waals surface area contributed by atoms with Crippen LogP contribution < -0.4 is 0 Å². The number of allylic oxidation sites excluding steroid dienone is 1. The number of aliphatic hydroxyl groups excluding tert-OH is 2. The normalized spacial score (nSPS) is 13.9. The predicted molar refractivity (Wildman–Crippen MR) is 96.2 cm³/mol. The van der Waals surface area contributed by atoms with Gasteiger partial charge in [0.1, 0.15) is 5.75 Å². The minimum atomic E-state index is -0.631. The van der Waals surface area contributed by atoms with Gasteiger partial charge in [0.05, 0.1) is 12.7 Å². The fourth-order valence-electron chi connectivity index (χ4n) is 2.48. The molecule has 0 bridgehead atoms. The molecular formula is C20H28O3. The van der Waals surface area contributed by atoms with Gasteiger partial charge in [-0.15, -0.1) is 0 Å². The van der Waals surface area contributed by atoms with Crippen molar-refractivity contribution < 1.29 is 15.3 Å². The van der Waals surface area contributed by atoms with E-state index in [9.17, 15) is 10.2 Å². The van der Waals surface area contributed by atoms with E-state index in [-0.39, 0.29) is 12.4 Å². The van der Waals surface area contributed by atoms with E-state index in [1.54, 1.807) is 18.2 Å². The van der Waals surface area contributed by atoms with E-state index in [0.29, 0.717) is 6.42 Å². The Morgan fingerprint density at radius 1 is 1.22 bits per heavy atom. The van der Waals surface area contributed by atoms with Crippen molar-refractivity contribution in [2.45, 2.75) is 45.6 Å². The highest BCUT2D eigenvalue weighted by atomic mass is 16.3. The minimum absolute atomic E-state index is 0.0974. The van der Waals surface area contributed by atoms with Gasteiger partial charge in [-0.1, -0.05) is 56.4 Å². The van der Waals surface area contributed by atoms with Gasteiger partial charge in [0.15, 0.2) is 0 Å². The summed E-state index contributed by atoms with van der Waals surface area (Å²) < 4.78 is 0. The highest BCUT2D eigenvalue weighted by Gasteiger charge is 2.13. The molecule has 3 N–H and O–H groups in total. The third-order valence-corrected chi connectivity index (χ3v) is 3.99. The van der Waals surface area contributed by atoms with Gasteiger partial charge in [-0.2, -0.15) is 0 Å². The highest BCUT2D eigenvalue weighted by molar-refractivity contribution is 5.59. The van der Waals surface area contributed by atoms with Crippen LogP contribution in [0.5, 0.6) is 5.75 Å². The van der Waals surface area contributed by atoms with Gasteiger partial charge in [-0.25, -0.2) is 0 Å². The van der Waals surface area contributed by atoms with Crippen LogP contribution in [-0.2, 0) is 0 Å². The fourth-order valence-corrected chi connectivity index (χ4v) is 2.48. The average molecular weight is 316 g/mol. The zero-order valence-electron chi connectivity index (χ0n) is 14.1. The Morgan fingerprint density at radius 3 is 2.48 bits per heavy atom. The van der Waals surface area contributed by atoms with Crippen molar-refractivity contribution in [3.8, 4) is 5.75 Å². The summed E-state index contributed by atoms with van der Waals surface area (Å²) in [5.41, 5.74) is 3.54. The Kier molecular flexibility index (Phi) is 8.38. The summed E-state index contributed by atoms with van der Waals surface area (Å²) in [5.74, 6) is 0.263. The number of phenolic OH excluding ortho intramolecular Hbond substituents is 1. The molecule has 0 amide bonds. The van der Waals surface area contributed by atoms with Gasteiger partial charge < -0.3 is 15.3 Å². The number of aliphatic hydroxyl groups is 2. The third-order valence-electron chi connectivity index (χ3n) is 3.99. The van der Waals surface area contributed by atoms with Crippen molar-refractivity contribution in [3.63, 3.8) is 0 Å². The smallest absolute Gasteiger partial charge is 0.122 e. The molecule has 0 aromatic heterocycles. The van der Waals surface area contributed by atoms with Gasteiger partial charge in [0, 0.05) is 5.56 Å². The van der Waals surface area contributed by atoms with Crippen molar-refractivity contribution in [3.05, 3.63) is 59.2 Å². The second kappa shape index (κ2) is 10.0. The van der Waals surface area contributed by atoms with Crippen LogP contribution in [0.3, 0.4) is 0 Å². The molecular weight excluding hydrogens is 288 g/mol. The van der Waals surface area contributed by atoms with Gasteiger partial charge in [-0.3, -0.25) is 0 Å². The van der Waals surface area contributed by atoms with Crippen molar-refractivity contribution in [1.29, 1.82) is 0 Å². The quantitative estimate of drug-likeness (QED) is 0.598. The molecule has 0 heterocycles. The molecule has 126 valence electrons. The lowest BCUT2D eigenvalue weighted by atomic mass is 9.93. The summed E-state index contributed by atoms with van der Waals surface area (Å²) in [7, 11) is 0. The van der Waals surface area contributed by atoms with Crippen LogP contribution in [0, 0.1) is 0 Å². The molecule has 0 aliphatic rings. The van der Waals surface area contributed by atoms with Crippen LogP contribution in [0.4, 0.5) is 0 Å². The molecule has 23 heavy (non-hydrogen) atoms. The molecule has 1 aromatic carbocycles. The van der Waals surface area contributed by atoms with E-state index in [1.165, 1.54) is 0 Å². The van der Waals surface area contributed by atoms with E-state index in [4.69, 9.17) is 5.11 Å². The first-order chi connectivity index (χ1) is 11.0. The standard InChI is InChI=1S/C20H28O3/c1-4-15(3)18(12-13-21)20(23)11-10-16(5-2)14-17-8-6-7-9-19(17)22/h6-9,12,14,20-23H,3-5,10-11,13H2,1-2H3/b16-14+,18-12-. The van der Waals surface area contributed by atoms with Crippen LogP contribution in [-0.4, -0.2) is 28.0 Å². The average Bonchev–Trinajstić information content (AvgIpc) is 2.57. The second-order valence-electron chi connectivity index (χ2n) is 5.57. The van der Waals surface area contributed by atoms with Crippen molar-refractivity contribution in [1.82, 2.24) is 0 Å². The lowest BCUT2D eigenvalue weighted by Crippen LogP contribution is -2.13. The maximum atomic E-state index is 10.4. The number of benzene rings is 1. The molecule has 0 spiro atoms. The Labute approximate surface area is 139 Å². The zero-order valence-corrected chi connectivity index (χ0v) is 14.1. The van der Waals surface area contributed by atoms with E-state index >= 15 is 0 Å². The molecule has 0 radical (unpaired) electrons. The molecule has 3 heteroatoms. The number of rotatable bonds is 9. The molecule has 3 nitrogen and oxygen atoms in total. The summed E-state index contributed by atoms with van der Waals surface area (Å²) in [5, 5.41) is 29.4. The van der Waals surface area contributed by atoms with Crippen LogP contribution in [0.25, 0.3) is 6.08 Å². The predicted octanol–water partition coefficient (Wildman–Crippen LogP) is 4.21. The molecule has 1 atom stereocenters. The van der Waals surface area contributed by atoms with E-state index in [0.717, 1.165) is 41.5 Å². The Hall–Kier alpha value is -1.84. The van der Waals surface area contributed by atoms with Crippen molar-refractivity contribution >= 4 is 6.08 Å². The van der Waals surface area contributed by atoms with Crippen molar-refractivity contribution in [2.75, 3.05) is 6.61 Å². The molecule has 1 unspecified atom stereocenters. The number of phenols is 1. The van der Waals surface area contributed by atoms with E-state index < -0.39 is 6.10 Å². The molecule has 0 saturated heterocycles. The summed E-state index contributed by atoms with van der Waals surface area (Å²) in [6.07, 6.45) is 5.88. The molecule has 0 aliphatic heterocycles. The molecule has 0 fully saturated rings. The van der Waals surface area contributed by atoms with Gasteiger partial charge in [0.25, 0.3) is 0 Å². The second-order valence-corrected chi connectivity index (χ2v) is 5.57. The molecule has 1 aromatic rings. The molecule has 0 aliphatic carbocycles. The number of para-hydroxylation sites is 1. The first-order valence-corrected chi connectivity index (χ1v) is 8.18. The molecule has 0 saturated carbocycles. The van der Waals surface area contributed by atoms with Gasteiger partial charge in [0.2, 0.25) is 0 Å². The van der Waals surface area contributed by atoms with Crippen LogP contribution in [0.2, 0.25) is 0 Å². The lowest BCUT2D eigenvalue weighted by molar-refractivity contribution is 0.200. The topological polar surface area (TPSA) is 60.7 Å². The summed E-state index contributed by atoms with van der Waals surface area (Å²) in [6.45, 7) is 7.90. The first-order valence-electron chi connectivity index (χ1n) is 8.18. The minimum Gasteiger partial charge on any atom is -0.507 e. The largest absolute Gasteiger partial charge is 0.507 e. The number of hydrogen-bond donors (Lipinski definition) is 3. The van der Waals surface area contributed by atoms with Crippen LogP contribution in [0.1, 0.15) is 45.1 Å². The third kappa shape index (κ3) is 6.05. The first kappa shape index (κ1) is 19.2.